The maximum atomic E-state index is 13.2. The van der Waals surface area contributed by atoms with Crippen molar-refractivity contribution in [2.24, 2.45) is 0 Å². The highest BCUT2D eigenvalue weighted by molar-refractivity contribution is 6.21. The van der Waals surface area contributed by atoms with Crippen LogP contribution in [0.25, 0.3) is 0 Å². The van der Waals surface area contributed by atoms with E-state index in [1.165, 1.54) is 4.90 Å². The predicted molar refractivity (Wildman–Crippen MR) is 285 cm³/mol. The van der Waals surface area contributed by atoms with Crippen LogP contribution in [0, 0.1) is 0 Å². The van der Waals surface area contributed by atoms with Gasteiger partial charge in [0.25, 0.3) is 23.6 Å². The normalized spacial score (nSPS) is 12.5. The zero-order valence-electron chi connectivity index (χ0n) is 42.8. The Bertz CT molecular complexity index is 3240. The zero-order valence-corrected chi connectivity index (χ0v) is 42.8. The smallest absolute Gasteiger partial charge is 0.416 e. The van der Waals surface area contributed by atoms with Crippen LogP contribution in [0.5, 0.6) is 5.75 Å². The molecule has 0 bridgehead atoms. The lowest BCUT2D eigenvalue weighted by Gasteiger charge is -2.25. The Labute approximate surface area is 456 Å². The number of halogens is 6. The second-order valence-electron chi connectivity index (χ2n) is 18.9. The van der Waals surface area contributed by atoms with Crippen LogP contribution >= 0.6 is 0 Å². The molecule has 1 aliphatic heterocycles. The Morgan fingerprint density at radius 1 is 0.487 bits per heavy atom. The van der Waals surface area contributed by atoms with Gasteiger partial charge in [-0.2, -0.15) is 26.3 Å². The number of ether oxygens (including phenoxy) is 1. The number of nitrogens with one attached hydrogen (secondary N) is 2. The third-order valence-corrected chi connectivity index (χ3v) is 12.8. The summed E-state index contributed by atoms with van der Waals surface area (Å²) in [5, 5.41) is 5.39. The molecule has 20 heteroatoms. The minimum atomic E-state index is -4.56. The van der Waals surface area contributed by atoms with Gasteiger partial charge in [-0.05, 0) is 145 Å². The average molecular weight is 1090 g/mol. The molecular weight excluding hydrogens is 1040 g/mol. The number of alkyl halides is 6. The van der Waals surface area contributed by atoms with Gasteiger partial charge in [0.2, 0.25) is 0 Å². The fraction of sp³-hybridized carbons (Fsp3) is 0.200. The minimum absolute atomic E-state index is 0.0226. The van der Waals surface area contributed by atoms with Crippen molar-refractivity contribution in [3.8, 4) is 5.75 Å². The van der Waals surface area contributed by atoms with Gasteiger partial charge in [0, 0.05) is 69.3 Å². The standard InChI is InChI=1S/C60H51F6N9O5/c61-59(62,63)44-23-19-42(20-24-44)55(76)71-53-17-9-13-48(69-53)38-73(36-46-11-3-5-27-67-46)34-40-31-41(33-50(32-40)80-30-8-7-29-75-57(78)51-15-1-2-16-52(51)58(75)79)35-74(37-47-12-4-6-28-68-47)39-49-14-10-18-54(70-49)72-56(77)43-21-25-45(26-22-43)60(64,65)66/h1-6,9-28,31-33H,7-8,29-30,34-39H2,(H,69,71,76)(H,70,72,77). The highest BCUT2D eigenvalue weighted by atomic mass is 19.4. The first-order chi connectivity index (χ1) is 38.5. The number of pyridine rings is 4. The third-order valence-electron chi connectivity index (χ3n) is 12.8. The van der Waals surface area contributed by atoms with E-state index < -0.39 is 35.3 Å². The fourth-order valence-electron chi connectivity index (χ4n) is 9.02. The summed E-state index contributed by atoms with van der Waals surface area (Å²) < 4.78 is 85.8. The number of unbranched alkanes of at least 4 members (excludes halogenated alkanes) is 1. The van der Waals surface area contributed by atoms with E-state index in [0.29, 0.717) is 67.3 Å². The maximum Gasteiger partial charge on any atom is 0.416 e. The molecule has 0 fully saturated rings. The lowest BCUT2D eigenvalue weighted by atomic mass is 10.1. The molecule has 4 amide bonds. The van der Waals surface area contributed by atoms with Gasteiger partial charge < -0.3 is 15.4 Å². The lowest BCUT2D eigenvalue weighted by molar-refractivity contribution is -0.138. The Morgan fingerprint density at radius 3 is 1.34 bits per heavy atom. The highest BCUT2D eigenvalue weighted by Crippen LogP contribution is 2.31. The summed E-state index contributed by atoms with van der Waals surface area (Å²) in [6, 6.07) is 41.8. The third kappa shape index (κ3) is 14.9. The number of hydrogen-bond donors (Lipinski definition) is 2. The number of hydrogen-bond acceptors (Lipinski definition) is 11. The number of amides is 4. The van der Waals surface area contributed by atoms with Gasteiger partial charge in [0.15, 0.2) is 0 Å². The second-order valence-corrected chi connectivity index (χ2v) is 18.9. The van der Waals surface area contributed by atoms with Crippen molar-refractivity contribution in [1.29, 1.82) is 0 Å². The van der Waals surface area contributed by atoms with E-state index in [-0.39, 0.29) is 60.8 Å². The number of rotatable bonds is 22. The molecule has 2 N–H and O–H groups in total. The summed E-state index contributed by atoms with van der Waals surface area (Å²) >= 11 is 0. The number of benzene rings is 4. The molecule has 8 aromatic rings. The van der Waals surface area contributed by atoms with E-state index in [2.05, 4.69) is 30.4 Å². The van der Waals surface area contributed by atoms with Gasteiger partial charge in [-0.1, -0.05) is 42.5 Å². The van der Waals surface area contributed by atoms with Crippen LogP contribution in [-0.4, -0.2) is 71.4 Å². The second kappa shape index (κ2) is 25.1. The van der Waals surface area contributed by atoms with Crippen molar-refractivity contribution in [2.45, 2.75) is 64.5 Å². The summed E-state index contributed by atoms with van der Waals surface area (Å²) in [5.41, 5.74) is 3.41. The van der Waals surface area contributed by atoms with Crippen molar-refractivity contribution in [3.05, 3.63) is 243 Å². The first-order valence-electron chi connectivity index (χ1n) is 25.4. The van der Waals surface area contributed by atoms with Crippen LogP contribution in [0.4, 0.5) is 38.0 Å². The summed E-state index contributed by atoms with van der Waals surface area (Å²) in [6.45, 7) is 2.42. The Morgan fingerprint density at radius 2 is 0.912 bits per heavy atom. The molecule has 0 spiro atoms. The lowest BCUT2D eigenvalue weighted by Crippen LogP contribution is -2.30. The van der Waals surface area contributed by atoms with Crippen molar-refractivity contribution >= 4 is 35.3 Å². The molecule has 408 valence electrons. The van der Waals surface area contributed by atoms with Gasteiger partial charge in [-0.15, -0.1) is 0 Å². The molecule has 9 rings (SSSR count). The molecule has 14 nitrogen and oxygen atoms in total. The van der Waals surface area contributed by atoms with Gasteiger partial charge in [0.1, 0.15) is 17.4 Å². The number of carbonyl (C=O) groups is 4. The molecule has 5 heterocycles. The molecule has 0 saturated carbocycles. The van der Waals surface area contributed by atoms with Crippen LogP contribution in [0.1, 0.15) is 99.3 Å². The summed E-state index contributed by atoms with van der Waals surface area (Å²) in [4.78, 5) is 76.5. The van der Waals surface area contributed by atoms with E-state index in [1.54, 1.807) is 73.1 Å². The van der Waals surface area contributed by atoms with E-state index in [4.69, 9.17) is 14.7 Å². The number of imide groups is 1. The van der Waals surface area contributed by atoms with Gasteiger partial charge in [-0.25, -0.2) is 9.97 Å². The Balaban J connectivity index is 0.964. The van der Waals surface area contributed by atoms with Crippen molar-refractivity contribution < 1.29 is 50.3 Å². The summed E-state index contributed by atoms with van der Waals surface area (Å²) in [6.07, 6.45) is -4.73. The van der Waals surface area contributed by atoms with Crippen LogP contribution in [0.2, 0.25) is 0 Å². The fourth-order valence-corrected chi connectivity index (χ4v) is 9.02. The number of carbonyl (C=O) groups excluding carboxylic acids is 4. The van der Waals surface area contributed by atoms with Crippen LogP contribution in [-0.2, 0) is 51.6 Å². The monoisotopic (exact) mass is 1090 g/mol. The van der Waals surface area contributed by atoms with Gasteiger partial charge in [0.05, 0.1) is 51.6 Å². The molecule has 0 atom stereocenters. The molecular formula is C60H51F6N9O5. The first-order valence-corrected chi connectivity index (χ1v) is 25.4. The molecule has 1 aliphatic rings. The highest BCUT2D eigenvalue weighted by Gasteiger charge is 2.35. The SMILES string of the molecule is O=C(Nc1cccc(CN(Cc2cc(CN(Cc3ccccn3)Cc3cccc(NC(=O)c4ccc(C(F)(F)F)cc4)n3)cc(OCCCCN3C(=O)c4ccccc4C3=O)c2)Cc2ccccn2)n1)c1ccc(C(F)(F)F)cc1. The topological polar surface area (TPSA) is 163 Å². The predicted octanol–water partition coefficient (Wildman–Crippen LogP) is 11.7. The number of aromatic nitrogens is 4. The molecule has 0 aliphatic carbocycles. The van der Waals surface area contributed by atoms with Gasteiger partial charge in [-0.3, -0.25) is 43.8 Å². The summed E-state index contributed by atoms with van der Waals surface area (Å²) in [5.74, 6) is -0.990. The van der Waals surface area contributed by atoms with Crippen LogP contribution in [0.15, 0.2) is 176 Å². The van der Waals surface area contributed by atoms with Crippen molar-refractivity contribution in [3.63, 3.8) is 0 Å². The molecule has 0 unspecified atom stereocenters. The molecule has 0 saturated heterocycles. The van der Waals surface area contributed by atoms with Gasteiger partial charge >= 0.3 is 12.4 Å². The quantitative estimate of drug-likeness (QED) is 0.0377. The van der Waals surface area contributed by atoms with Crippen LogP contribution in [0.3, 0.4) is 0 Å². The minimum Gasteiger partial charge on any atom is -0.494 e. The summed E-state index contributed by atoms with van der Waals surface area (Å²) in [7, 11) is 0. The average Bonchev–Trinajstić information content (AvgIpc) is 3.76. The maximum absolute atomic E-state index is 13.2. The molecule has 0 radical (unpaired) electrons. The largest absolute Gasteiger partial charge is 0.494 e. The first kappa shape index (κ1) is 55.6. The van der Waals surface area contributed by atoms with Crippen molar-refractivity contribution in [2.75, 3.05) is 23.8 Å². The van der Waals surface area contributed by atoms with E-state index in [0.717, 1.165) is 71.0 Å². The number of fused-ring (bicyclic) bond motifs is 1. The molecule has 4 aromatic heterocycles. The Hall–Kier alpha value is -9.14. The van der Waals surface area contributed by atoms with E-state index in [9.17, 15) is 45.5 Å². The zero-order chi connectivity index (χ0) is 56.2. The van der Waals surface area contributed by atoms with E-state index in [1.807, 2.05) is 54.6 Å². The number of anilines is 2. The Kier molecular flexibility index (Phi) is 17.5. The van der Waals surface area contributed by atoms with Crippen molar-refractivity contribution in [1.82, 2.24) is 34.6 Å². The molecule has 4 aromatic carbocycles. The van der Waals surface area contributed by atoms with Crippen LogP contribution < -0.4 is 15.4 Å². The van der Waals surface area contributed by atoms with E-state index >= 15 is 0 Å². The molecule has 80 heavy (non-hydrogen) atoms. The number of nitrogens with zero attached hydrogens (tertiary/aromatic N) is 7.